The molecule has 0 spiro atoms. The van der Waals surface area contributed by atoms with Gasteiger partial charge in [0.05, 0.1) is 20.0 Å². The Morgan fingerprint density at radius 3 is 2.73 bits per heavy atom. The molecule has 0 amide bonds. The van der Waals surface area contributed by atoms with E-state index in [-0.39, 0.29) is 12.1 Å². The number of carbonyl (C=O) groups excluding carboxylic acids is 1. The van der Waals surface area contributed by atoms with Crippen LogP contribution >= 0.6 is 0 Å². The fourth-order valence-corrected chi connectivity index (χ4v) is 2.52. The topological polar surface area (TPSA) is 63.2 Å². The Morgan fingerprint density at radius 2 is 2.05 bits per heavy atom. The first kappa shape index (κ1) is 14.9. The minimum Gasteiger partial charge on any atom is -0.497 e. The number of methoxy groups -OCH3 is 1. The molecule has 6 heteroatoms. The lowest BCUT2D eigenvalue weighted by atomic mass is 10.0. The molecule has 4 unspecified atom stereocenters. The van der Waals surface area contributed by atoms with Crippen molar-refractivity contribution in [1.29, 1.82) is 0 Å². The van der Waals surface area contributed by atoms with Crippen molar-refractivity contribution in [3.63, 3.8) is 0 Å². The van der Waals surface area contributed by atoms with Gasteiger partial charge in [0, 0.05) is 12.5 Å². The Bertz CT molecular complexity index is 552. The quantitative estimate of drug-likeness (QED) is 0.795. The van der Waals surface area contributed by atoms with Gasteiger partial charge in [-0.15, -0.1) is 0 Å². The van der Waals surface area contributed by atoms with Crippen LogP contribution in [0.5, 0.6) is 5.75 Å². The minimum absolute atomic E-state index is 0.288. The molecule has 0 radical (unpaired) electrons. The van der Waals surface area contributed by atoms with Crippen LogP contribution in [0, 0.1) is 0 Å². The summed E-state index contributed by atoms with van der Waals surface area (Å²) in [6.07, 6.45) is 1.52. The molecule has 4 atom stereocenters. The molecular weight excluding hydrogens is 288 g/mol. The van der Waals surface area contributed by atoms with Crippen molar-refractivity contribution in [1.82, 2.24) is 0 Å². The van der Waals surface area contributed by atoms with Crippen molar-refractivity contribution >= 4 is 5.97 Å². The molecule has 0 aliphatic carbocycles. The smallest absolute Gasteiger partial charge is 0.303 e. The standard InChI is InChI=1S/C16H18O6/c1-10(17)21-13-7-8-19-14-9-20-16(22-15(13)14)11-3-5-12(18-2)6-4-11/h3-8,13-16H,9H2,1-2H3. The summed E-state index contributed by atoms with van der Waals surface area (Å²) >= 11 is 0. The number of hydrogen-bond acceptors (Lipinski definition) is 6. The lowest BCUT2D eigenvalue weighted by molar-refractivity contribution is -0.278. The van der Waals surface area contributed by atoms with E-state index in [1.54, 1.807) is 13.2 Å². The average molecular weight is 306 g/mol. The van der Waals surface area contributed by atoms with Gasteiger partial charge in [-0.2, -0.15) is 0 Å². The zero-order chi connectivity index (χ0) is 15.5. The molecule has 1 aromatic carbocycles. The number of rotatable bonds is 3. The van der Waals surface area contributed by atoms with Gasteiger partial charge in [0.2, 0.25) is 0 Å². The van der Waals surface area contributed by atoms with Crippen LogP contribution in [0.2, 0.25) is 0 Å². The number of hydrogen-bond donors (Lipinski definition) is 0. The summed E-state index contributed by atoms with van der Waals surface area (Å²) in [6, 6.07) is 7.44. The van der Waals surface area contributed by atoms with Crippen LogP contribution in [-0.4, -0.2) is 38.0 Å². The third-order valence-electron chi connectivity index (χ3n) is 3.59. The second kappa shape index (κ2) is 6.37. The van der Waals surface area contributed by atoms with Crippen LogP contribution in [-0.2, 0) is 23.7 Å². The fraction of sp³-hybridized carbons (Fsp3) is 0.438. The molecule has 1 fully saturated rings. The van der Waals surface area contributed by atoms with Gasteiger partial charge in [-0.1, -0.05) is 12.1 Å². The largest absolute Gasteiger partial charge is 0.497 e. The maximum absolute atomic E-state index is 11.2. The molecule has 3 rings (SSSR count). The maximum Gasteiger partial charge on any atom is 0.303 e. The Balaban J connectivity index is 1.74. The van der Waals surface area contributed by atoms with Gasteiger partial charge < -0.3 is 23.7 Å². The van der Waals surface area contributed by atoms with E-state index in [1.807, 2.05) is 24.3 Å². The molecule has 1 aromatic rings. The van der Waals surface area contributed by atoms with Crippen LogP contribution in [0.1, 0.15) is 18.8 Å². The lowest BCUT2D eigenvalue weighted by Crippen LogP contribution is -2.50. The van der Waals surface area contributed by atoms with Crippen LogP contribution in [0.15, 0.2) is 36.6 Å². The van der Waals surface area contributed by atoms with E-state index in [9.17, 15) is 4.79 Å². The lowest BCUT2D eigenvalue weighted by Gasteiger charge is -2.40. The second-order valence-corrected chi connectivity index (χ2v) is 5.12. The third-order valence-corrected chi connectivity index (χ3v) is 3.59. The molecule has 0 bridgehead atoms. The Hall–Kier alpha value is -2.05. The van der Waals surface area contributed by atoms with Gasteiger partial charge in [0.25, 0.3) is 0 Å². The summed E-state index contributed by atoms with van der Waals surface area (Å²) in [5, 5.41) is 0. The van der Waals surface area contributed by atoms with Crippen molar-refractivity contribution < 1.29 is 28.5 Å². The van der Waals surface area contributed by atoms with Crippen molar-refractivity contribution in [2.45, 2.75) is 31.5 Å². The highest BCUT2D eigenvalue weighted by Gasteiger charge is 2.41. The zero-order valence-corrected chi connectivity index (χ0v) is 12.4. The van der Waals surface area contributed by atoms with Gasteiger partial charge in [0.15, 0.2) is 18.5 Å². The molecule has 0 N–H and O–H groups in total. The minimum atomic E-state index is -0.527. The molecular formula is C16H18O6. The molecule has 2 aliphatic heterocycles. The van der Waals surface area contributed by atoms with E-state index < -0.39 is 18.5 Å². The second-order valence-electron chi connectivity index (χ2n) is 5.12. The van der Waals surface area contributed by atoms with Crippen LogP contribution < -0.4 is 4.74 Å². The highest BCUT2D eigenvalue weighted by molar-refractivity contribution is 5.66. The van der Waals surface area contributed by atoms with E-state index in [4.69, 9.17) is 23.7 Å². The Labute approximate surface area is 128 Å². The highest BCUT2D eigenvalue weighted by Crippen LogP contribution is 2.32. The number of esters is 1. The summed E-state index contributed by atoms with van der Waals surface area (Å²) in [5.74, 6) is 0.408. The third kappa shape index (κ3) is 3.08. The van der Waals surface area contributed by atoms with Gasteiger partial charge in [-0.25, -0.2) is 0 Å². The predicted octanol–water partition coefficient (Wildman–Crippen LogP) is 1.95. The Kier molecular flexibility index (Phi) is 4.31. The number of benzene rings is 1. The molecule has 118 valence electrons. The number of carbonyl (C=O) groups is 1. The van der Waals surface area contributed by atoms with Crippen LogP contribution in [0.4, 0.5) is 0 Å². The summed E-state index contributed by atoms with van der Waals surface area (Å²) in [4.78, 5) is 11.2. The first-order valence-corrected chi connectivity index (χ1v) is 7.08. The van der Waals surface area contributed by atoms with E-state index in [0.717, 1.165) is 11.3 Å². The summed E-state index contributed by atoms with van der Waals surface area (Å²) in [7, 11) is 1.61. The zero-order valence-electron chi connectivity index (χ0n) is 12.4. The van der Waals surface area contributed by atoms with Crippen LogP contribution in [0.3, 0.4) is 0 Å². The monoisotopic (exact) mass is 306 g/mol. The summed E-state index contributed by atoms with van der Waals surface area (Å²) in [5.41, 5.74) is 0.871. The summed E-state index contributed by atoms with van der Waals surface area (Å²) in [6.45, 7) is 1.74. The molecule has 2 aliphatic rings. The van der Waals surface area contributed by atoms with E-state index in [1.165, 1.54) is 13.2 Å². The predicted molar refractivity (Wildman–Crippen MR) is 76.1 cm³/mol. The van der Waals surface area contributed by atoms with Crippen molar-refractivity contribution in [3.05, 3.63) is 42.2 Å². The molecule has 0 saturated carbocycles. The van der Waals surface area contributed by atoms with E-state index in [2.05, 4.69) is 0 Å². The van der Waals surface area contributed by atoms with Gasteiger partial charge in [0.1, 0.15) is 11.9 Å². The average Bonchev–Trinajstić information content (AvgIpc) is 2.54. The van der Waals surface area contributed by atoms with Crippen molar-refractivity contribution in [2.75, 3.05) is 13.7 Å². The normalized spacial score (nSPS) is 30.1. The summed E-state index contributed by atoms with van der Waals surface area (Å²) < 4.78 is 27.5. The SMILES string of the molecule is COc1ccc(C2OCC3OC=CC(OC(C)=O)C3O2)cc1. The van der Waals surface area contributed by atoms with Gasteiger partial charge >= 0.3 is 5.97 Å². The van der Waals surface area contributed by atoms with Crippen molar-refractivity contribution in [2.24, 2.45) is 0 Å². The van der Waals surface area contributed by atoms with Gasteiger partial charge in [-0.3, -0.25) is 4.79 Å². The molecule has 1 saturated heterocycles. The first-order chi connectivity index (χ1) is 10.7. The van der Waals surface area contributed by atoms with E-state index >= 15 is 0 Å². The first-order valence-electron chi connectivity index (χ1n) is 7.08. The number of fused-ring (bicyclic) bond motifs is 1. The Morgan fingerprint density at radius 1 is 1.27 bits per heavy atom. The molecule has 2 heterocycles. The molecule has 22 heavy (non-hydrogen) atoms. The maximum atomic E-state index is 11.2. The molecule has 6 nitrogen and oxygen atoms in total. The van der Waals surface area contributed by atoms with Crippen LogP contribution in [0.25, 0.3) is 0 Å². The fourth-order valence-electron chi connectivity index (χ4n) is 2.52. The highest BCUT2D eigenvalue weighted by atomic mass is 16.7. The van der Waals surface area contributed by atoms with Crippen molar-refractivity contribution in [3.8, 4) is 5.75 Å². The number of ether oxygens (including phenoxy) is 5. The molecule has 0 aromatic heterocycles. The van der Waals surface area contributed by atoms with E-state index in [0.29, 0.717) is 6.61 Å². The van der Waals surface area contributed by atoms with Gasteiger partial charge in [-0.05, 0) is 18.2 Å².